The first-order valence-electron chi connectivity index (χ1n) is 19.6. The lowest BCUT2D eigenvalue weighted by Gasteiger charge is -2.45. The van der Waals surface area contributed by atoms with Gasteiger partial charge < -0.3 is 28.7 Å². The van der Waals surface area contributed by atoms with E-state index in [9.17, 15) is 9.59 Å². The molecule has 0 aliphatic carbocycles. The second-order valence-electron chi connectivity index (χ2n) is 16.1. The fourth-order valence-corrected chi connectivity index (χ4v) is 11.4. The quantitative estimate of drug-likeness (QED) is 0.149. The number of ether oxygens (including phenoxy) is 4. The third kappa shape index (κ3) is 3.42. The van der Waals surface area contributed by atoms with Crippen LogP contribution >= 0.6 is 0 Å². The minimum absolute atomic E-state index is 0.354. The molecule has 8 aliphatic rings. The van der Waals surface area contributed by atoms with Crippen LogP contribution in [0.15, 0.2) is 72.8 Å². The van der Waals surface area contributed by atoms with Crippen molar-refractivity contribution in [2.75, 3.05) is 36.0 Å². The van der Waals surface area contributed by atoms with Crippen molar-refractivity contribution in [3.63, 3.8) is 0 Å². The predicted molar refractivity (Wildman–Crippen MR) is 201 cm³/mol. The van der Waals surface area contributed by atoms with E-state index in [-0.39, 0.29) is 11.9 Å². The molecule has 0 radical (unpaired) electrons. The van der Waals surface area contributed by atoms with Crippen LogP contribution in [0.25, 0.3) is 0 Å². The number of rotatable bonds is 0. The monoisotopic (exact) mass is 712 g/mol. The van der Waals surface area contributed by atoms with Crippen LogP contribution in [-0.4, -0.2) is 38.1 Å². The zero-order valence-electron chi connectivity index (χ0n) is 29.8. The van der Waals surface area contributed by atoms with Gasteiger partial charge in [0.15, 0.2) is 11.2 Å². The van der Waals surface area contributed by atoms with E-state index in [2.05, 4.69) is 21.9 Å². The third-order valence-electron chi connectivity index (χ3n) is 13.5. The molecule has 0 N–H and O–H groups in total. The van der Waals surface area contributed by atoms with Crippen molar-refractivity contribution < 1.29 is 28.5 Å². The van der Waals surface area contributed by atoms with E-state index in [1.54, 1.807) is 0 Å². The zero-order valence-corrected chi connectivity index (χ0v) is 29.8. The molecule has 0 saturated heterocycles. The van der Waals surface area contributed by atoms with Crippen LogP contribution in [0.1, 0.15) is 102 Å². The number of hydrogen-bond donors (Lipinski definition) is 0. The highest BCUT2D eigenvalue weighted by molar-refractivity contribution is 5.99. The molecule has 2 atom stereocenters. The van der Waals surface area contributed by atoms with Crippen molar-refractivity contribution in [2.24, 2.45) is 0 Å². The molecular weight excluding hydrogens is 677 g/mol. The minimum atomic E-state index is -1.25. The first-order valence-corrected chi connectivity index (χ1v) is 19.6. The van der Waals surface area contributed by atoms with Gasteiger partial charge in [0.1, 0.15) is 23.0 Å². The number of fused-ring (bicyclic) bond motifs is 14. The van der Waals surface area contributed by atoms with E-state index in [1.165, 1.54) is 33.6 Å². The Bertz CT molecular complexity index is 2430. The fraction of sp³-hybridized carbons (Fsp3) is 0.304. The number of aryl methyl sites for hydroxylation is 2. The number of nitrogens with zero attached hydrogens (tertiary/aromatic N) is 2. The Morgan fingerprint density at radius 3 is 1.37 bits per heavy atom. The summed E-state index contributed by atoms with van der Waals surface area (Å²) in [6.45, 7) is 4.11. The van der Waals surface area contributed by atoms with Gasteiger partial charge in [-0.3, -0.25) is 0 Å². The highest BCUT2D eigenvalue weighted by Gasteiger charge is 2.59. The molecule has 0 bridgehead atoms. The number of benzene rings is 5. The van der Waals surface area contributed by atoms with E-state index < -0.39 is 11.2 Å². The molecule has 5 aromatic rings. The number of esters is 2. The van der Waals surface area contributed by atoms with Crippen LogP contribution in [0.3, 0.4) is 0 Å². The second-order valence-corrected chi connectivity index (χ2v) is 16.1. The van der Waals surface area contributed by atoms with Gasteiger partial charge in [-0.05, 0) is 98.9 Å². The summed E-state index contributed by atoms with van der Waals surface area (Å²) < 4.78 is 27.9. The lowest BCUT2D eigenvalue weighted by atomic mass is 9.71. The third-order valence-corrected chi connectivity index (χ3v) is 13.5. The van der Waals surface area contributed by atoms with Crippen LogP contribution < -0.4 is 19.3 Å². The number of carbonyl (C=O) groups excluding carboxylic acids is 2. The average Bonchev–Trinajstić information content (AvgIpc) is 3.67. The molecule has 54 heavy (non-hydrogen) atoms. The fourth-order valence-electron chi connectivity index (χ4n) is 11.4. The molecule has 0 saturated carbocycles. The van der Waals surface area contributed by atoms with E-state index in [4.69, 9.17) is 18.9 Å². The van der Waals surface area contributed by atoms with Crippen molar-refractivity contribution in [3.05, 3.63) is 140 Å². The van der Waals surface area contributed by atoms with E-state index >= 15 is 0 Å². The predicted octanol–water partition coefficient (Wildman–Crippen LogP) is 8.22. The Balaban J connectivity index is 1.13. The van der Waals surface area contributed by atoms with Gasteiger partial charge in [0, 0.05) is 70.9 Å². The Morgan fingerprint density at radius 2 is 0.907 bits per heavy atom. The number of anilines is 2. The van der Waals surface area contributed by atoms with Crippen LogP contribution in [0.2, 0.25) is 0 Å². The SMILES string of the molecule is O=C1OC2(c3cc4c(cc3Oc3c2cc2c5c3CCCN5CCC2)C2(OC(=O)c3ccccc32)c2cc3c5c(c2O4)CCCN5CCC3)c2ccccc21. The van der Waals surface area contributed by atoms with Gasteiger partial charge in [0.25, 0.3) is 0 Å². The molecule has 0 amide bonds. The summed E-state index contributed by atoms with van der Waals surface area (Å²) in [4.78, 5) is 33.0. The van der Waals surface area contributed by atoms with Gasteiger partial charge in [0.05, 0.1) is 22.3 Å². The van der Waals surface area contributed by atoms with Crippen LogP contribution in [0.4, 0.5) is 11.4 Å². The Morgan fingerprint density at radius 1 is 0.481 bits per heavy atom. The summed E-state index contributed by atoms with van der Waals surface area (Å²) in [7, 11) is 0. The first-order chi connectivity index (χ1) is 26.5. The van der Waals surface area contributed by atoms with Gasteiger partial charge in [-0.25, -0.2) is 9.59 Å². The molecule has 8 aliphatic heterocycles. The maximum Gasteiger partial charge on any atom is 0.340 e. The topological polar surface area (TPSA) is 77.5 Å². The lowest BCUT2D eigenvalue weighted by Crippen LogP contribution is -2.39. The lowest BCUT2D eigenvalue weighted by molar-refractivity contribution is 0.0194. The van der Waals surface area contributed by atoms with Crippen LogP contribution in [0.5, 0.6) is 23.0 Å². The molecular formula is C46H36N2O6. The summed E-state index contributed by atoms with van der Waals surface area (Å²) in [6, 6.07) is 24.1. The molecule has 8 heteroatoms. The van der Waals surface area contributed by atoms with Crippen LogP contribution in [0, 0.1) is 0 Å². The Hall–Kier alpha value is -5.76. The molecule has 8 nitrogen and oxygen atoms in total. The normalized spacial score (nSPS) is 24.1. The van der Waals surface area contributed by atoms with E-state index in [0.717, 1.165) is 111 Å². The van der Waals surface area contributed by atoms with Gasteiger partial charge in [-0.2, -0.15) is 0 Å². The van der Waals surface area contributed by atoms with Crippen LogP contribution in [-0.2, 0) is 46.4 Å². The Labute approximate surface area is 312 Å². The molecule has 13 rings (SSSR count). The number of hydrogen-bond acceptors (Lipinski definition) is 8. The average molecular weight is 713 g/mol. The molecule has 8 heterocycles. The molecule has 5 aromatic carbocycles. The first kappa shape index (κ1) is 29.7. The zero-order chi connectivity index (χ0) is 35.5. The molecule has 2 unspecified atom stereocenters. The smallest absolute Gasteiger partial charge is 0.340 e. The highest BCUT2D eigenvalue weighted by Crippen LogP contribution is 2.64. The summed E-state index contributed by atoms with van der Waals surface area (Å²) in [5.74, 6) is 1.98. The maximum absolute atomic E-state index is 14.0. The number of carbonyl (C=O) groups is 2. The van der Waals surface area contributed by atoms with Crippen molar-refractivity contribution in [3.8, 4) is 23.0 Å². The minimum Gasteiger partial charge on any atom is -0.456 e. The van der Waals surface area contributed by atoms with Crippen molar-refractivity contribution in [2.45, 2.75) is 62.6 Å². The van der Waals surface area contributed by atoms with Gasteiger partial charge in [0.2, 0.25) is 0 Å². The second kappa shape index (κ2) is 10.1. The van der Waals surface area contributed by atoms with E-state index in [1.807, 2.05) is 60.7 Å². The Kier molecular flexibility index (Phi) is 5.52. The molecule has 0 aromatic heterocycles. The van der Waals surface area contributed by atoms with Gasteiger partial charge >= 0.3 is 11.9 Å². The van der Waals surface area contributed by atoms with Crippen molar-refractivity contribution in [1.82, 2.24) is 0 Å². The molecule has 2 spiro atoms. The molecule has 0 fully saturated rings. The van der Waals surface area contributed by atoms with Crippen molar-refractivity contribution in [1.29, 1.82) is 0 Å². The maximum atomic E-state index is 14.0. The summed E-state index contributed by atoms with van der Waals surface area (Å²) >= 11 is 0. The summed E-state index contributed by atoms with van der Waals surface area (Å²) in [5.41, 5.74) is 10.9. The van der Waals surface area contributed by atoms with E-state index in [0.29, 0.717) is 33.8 Å². The largest absolute Gasteiger partial charge is 0.456 e. The molecule has 266 valence electrons. The van der Waals surface area contributed by atoms with Gasteiger partial charge in [-0.1, -0.05) is 36.4 Å². The highest BCUT2D eigenvalue weighted by atomic mass is 16.6. The van der Waals surface area contributed by atoms with Gasteiger partial charge in [-0.15, -0.1) is 0 Å². The van der Waals surface area contributed by atoms with Crippen molar-refractivity contribution >= 4 is 23.3 Å². The summed E-state index contributed by atoms with van der Waals surface area (Å²) in [6.07, 6.45) is 7.90. The standard InChI is InChI=1S/C46H36N2O6/c49-43-27-11-1-3-15-31(27)45(53-43)33-23-38-34(24-37(33)51-41-29-13-7-19-47-17-5-9-25(39(29)47)21-35(41)45)46(32-16-4-2-12-28(32)44(50)54-46)36-22-26-10-6-18-48-20-8-14-30(40(26)48)42(36)52-38/h1-4,11-12,15-16,21-24H,5-10,13-14,17-20H2. The summed E-state index contributed by atoms with van der Waals surface area (Å²) in [5, 5.41) is 0.